The Kier molecular flexibility index (Phi) is 8.98. The maximum atomic E-state index is 12.5. The first-order valence-corrected chi connectivity index (χ1v) is 12.2. The average Bonchev–Trinajstić information content (AvgIpc) is 2.67. The Labute approximate surface area is 181 Å². The summed E-state index contributed by atoms with van der Waals surface area (Å²) in [6.07, 6.45) is 9.42. The van der Waals surface area contributed by atoms with Crippen LogP contribution in [0.25, 0.3) is 0 Å². The van der Waals surface area contributed by atoms with E-state index in [9.17, 15) is 9.67 Å². The zero-order valence-corrected chi connectivity index (χ0v) is 20.1. The van der Waals surface area contributed by atoms with E-state index in [1.165, 1.54) is 19.8 Å². The van der Waals surface area contributed by atoms with E-state index < -0.39 is 13.6 Å². The van der Waals surface area contributed by atoms with Crippen LogP contribution in [-0.4, -0.2) is 25.1 Å². The van der Waals surface area contributed by atoms with Gasteiger partial charge in [-0.3, -0.25) is 9.05 Å². The minimum Gasteiger partial charge on any atom is -0.507 e. The van der Waals surface area contributed by atoms with E-state index in [0.29, 0.717) is 5.75 Å². The number of allylic oxidation sites excluding steroid dienone is 2. The van der Waals surface area contributed by atoms with Gasteiger partial charge >= 0.3 is 7.82 Å². The summed E-state index contributed by atoms with van der Waals surface area (Å²) in [6.45, 7) is 7.59. The molecule has 0 amide bonds. The molecule has 1 atom stereocenters. The molecule has 0 saturated carbocycles. The van der Waals surface area contributed by atoms with E-state index in [0.717, 1.165) is 56.1 Å². The van der Waals surface area contributed by atoms with Gasteiger partial charge in [0.1, 0.15) is 11.5 Å². The van der Waals surface area contributed by atoms with Crippen LogP contribution in [0.2, 0.25) is 0 Å². The molecule has 0 fully saturated rings. The minimum absolute atomic E-state index is 0.0610. The molecular formula is C23H37O6P. The summed E-state index contributed by atoms with van der Waals surface area (Å²) in [7, 11) is -1.21. The summed E-state index contributed by atoms with van der Waals surface area (Å²) in [5.41, 5.74) is 3.06. The molecule has 0 heterocycles. The fourth-order valence-electron chi connectivity index (χ4n) is 3.89. The lowest BCUT2D eigenvalue weighted by Gasteiger charge is -2.31. The maximum Gasteiger partial charge on any atom is 0.477 e. The van der Waals surface area contributed by atoms with Crippen molar-refractivity contribution in [3.8, 4) is 11.5 Å². The Morgan fingerprint density at radius 3 is 2.50 bits per heavy atom. The van der Waals surface area contributed by atoms with Gasteiger partial charge in [0.2, 0.25) is 5.79 Å². The van der Waals surface area contributed by atoms with Crippen molar-refractivity contribution in [2.45, 2.75) is 84.3 Å². The third kappa shape index (κ3) is 6.84. The van der Waals surface area contributed by atoms with Crippen LogP contribution in [0.1, 0.15) is 83.3 Å². The van der Waals surface area contributed by atoms with Crippen LogP contribution in [0.3, 0.4) is 0 Å². The first-order valence-electron chi connectivity index (χ1n) is 10.8. The number of unbranched alkanes of at least 4 members (excludes halogenated alkanes) is 2. The molecule has 30 heavy (non-hydrogen) atoms. The van der Waals surface area contributed by atoms with Crippen LogP contribution in [0, 0.1) is 0 Å². The molecule has 1 unspecified atom stereocenters. The summed E-state index contributed by atoms with van der Waals surface area (Å²) in [5, 5.41) is 10.9. The number of benzene rings is 1. The Morgan fingerprint density at radius 1 is 1.20 bits per heavy atom. The molecule has 6 nitrogen and oxygen atoms in total. The van der Waals surface area contributed by atoms with Crippen molar-refractivity contribution in [1.29, 1.82) is 0 Å². The molecule has 0 radical (unpaired) electrons. The molecule has 0 aromatic heterocycles. The molecule has 1 aromatic rings. The smallest absolute Gasteiger partial charge is 0.477 e. The quantitative estimate of drug-likeness (QED) is 0.175. The average molecular weight is 441 g/mol. The third-order valence-electron chi connectivity index (χ3n) is 5.33. The lowest BCUT2D eigenvalue weighted by molar-refractivity contribution is -0.101. The number of rotatable bonds is 11. The summed E-state index contributed by atoms with van der Waals surface area (Å²) in [4.78, 5) is 0. The molecule has 1 aliphatic rings. The fourth-order valence-corrected chi connectivity index (χ4v) is 4.76. The molecule has 2 rings (SSSR count). The van der Waals surface area contributed by atoms with Crippen molar-refractivity contribution < 1.29 is 28.0 Å². The third-order valence-corrected chi connectivity index (χ3v) is 6.88. The summed E-state index contributed by atoms with van der Waals surface area (Å²) >= 11 is 0. The highest BCUT2D eigenvalue weighted by Gasteiger charge is 2.36. The summed E-state index contributed by atoms with van der Waals surface area (Å²) in [6, 6.07) is 3.82. The van der Waals surface area contributed by atoms with Gasteiger partial charge in [0, 0.05) is 39.5 Å². The standard InChI is InChI=1S/C23H37O6P/c1-7-8-9-12-18-15-20(24)22(19-13-10-11-17(2)14-19)21(16-18)28-23(3,4)29-30(25,26-5)27-6/h14-16,19,24H,7-13H2,1-6H3. The normalized spacial score (nSPS) is 17.7. The Hall–Kier alpha value is -1.33. The fraction of sp³-hybridized carbons (Fsp3) is 0.652. The van der Waals surface area contributed by atoms with Crippen LogP contribution in [0.15, 0.2) is 23.8 Å². The van der Waals surface area contributed by atoms with Gasteiger partial charge in [-0.05, 0) is 56.7 Å². The zero-order chi connectivity index (χ0) is 22.4. The number of hydrogen-bond donors (Lipinski definition) is 1. The van der Waals surface area contributed by atoms with E-state index in [2.05, 4.69) is 19.9 Å². The topological polar surface area (TPSA) is 74.2 Å². The largest absolute Gasteiger partial charge is 0.507 e. The number of hydrogen-bond acceptors (Lipinski definition) is 6. The number of aryl methyl sites for hydroxylation is 1. The van der Waals surface area contributed by atoms with E-state index in [1.54, 1.807) is 13.8 Å². The maximum absolute atomic E-state index is 12.5. The predicted octanol–water partition coefficient (Wildman–Crippen LogP) is 6.87. The summed E-state index contributed by atoms with van der Waals surface area (Å²) < 4.78 is 34.1. The van der Waals surface area contributed by atoms with Crippen molar-refractivity contribution >= 4 is 7.82 Å². The summed E-state index contributed by atoms with van der Waals surface area (Å²) in [5.74, 6) is -0.461. The number of phosphoric ester groups is 1. The van der Waals surface area contributed by atoms with Gasteiger partial charge in [-0.25, -0.2) is 9.09 Å². The second kappa shape index (κ2) is 10.8. The molecule has 1 aromatic carbocycles. The minimum atomic E-state index is -3.74. The SMILES string of the molecule is CCCCCc1cc(O)c(C2C=C(C)CCC2)c(OC(C)(C)OP(=O)(OC)OC)c1. The van der Waals surface area contributed by atoms with Crippen LogP contribution in [0.4, 0.5) is 0 Å². The Morgan fingerprint density at radius 2 is 1.90 bits per heavy atom. The molecule has 1 aliphatic carbocycles. The van der Waals surface area contributed by atoms with Gasteiger partial charge in [-0.15, -0.1) is 0 Å². The van der Waals surface area contributed by atoms with Crippen LogP contribution >= 0.6 is 7.82 Å². The lowest BCUT2D eigenvalue weighted by Crippen LogP contribution is -2.32. The molecule has 0 saturated heterocycles. The van der Waals surface area contributed by atoms with Crippen molar-refractivity contribution in [1.82, 2.24) is 0 Å². The molecule has 7 heteroatoms. The monoisotopic (exact) mass is 440 g/mol. The van der Waals surface area contributed by atoms with E-state index in [-0.39, 0.29) is 11.7 Å². The van der Waals surface area contributed by atoms with Crippen LogP contribution < -0.4 is 4.74 Å². The number of phenols is 1. The van der Waals surface area contributed by atoms with Gasteiger partial charge in [0.05, 0.1) is 0 Å². The highest BCUT2D eigenvalue weighted by molar-refractivity contribution is 7.48. The van der Waals surface area contributed by atoms with Gasteiger partial charge in [-0.2, -0.15) is 0 Å². The van der Waals surface area contributed by atoms with E-state index in [4.69, 9.17) is 18.3 Å². The van der Waals surface area contributed by atoms with Crippen molar-refractivity contribution in [2.75, 3.05) is 14.2 Å². The van der Waals surface area contributed by atoms with E-state index >= 15 is 0 Å². The van der Waals surface area contributed by atoms with Gasteiger partial charge in [-0.1, -0.05) is 31.4 Å². The zero-order valence-electron chi connectivity index (χ0n) is 19.2. The molecule has 0 aliphatic heterocycles. The lowest BCUT2D eigenvalue weighted by atomic mass is 9.84. The van der Waals surface area contributed by atoms with Gasteiger partial charge in [0.15, 0.2) is 0 Å². The Bertz CT molecular complexity index is 778. The molecule has 0 spiro atoms. The van der Waals surface area contributed by atoms with Gasteiger partial charge < -0.3 is 9.84 Å². The van der Waals surface area contributed by atoms with Crippen molar-refractivity contribution in [3.05, 3.63) is 34.9 Å². The Balaban J connectivity index is 2.42. The first kappa shape index (κ1) is 24.9. The first-order chi connectivity index (χ1) is 14.1. The van der Waals surface area contributed by atoms with Crippen molar-refractivity contribution in [2.24, 2.45) is 0 Å². The second-order valence-corrected chi connectivity index (χ2v) is 10.2. The number of phenolic OH excluding ortho intramolecular Hbond substituents is 1. The molecular weight excluding hydrogens is 403 g/mol. The van der Waals surface area contributed by atoms with Crippen LogP contribution in [-0.2, 0) is 24.6 Å². The van der Waals surface area contributed by atoms with E-state index in [1.807, 2.05) is 12.1 Å². The number of ether oxygens (including phenoxy) is 1. The molecule has 0 bridgehead atoms. The number of phosphoric acid groups is 1. The molecule has 1 N–H and O–H groups in total. The highest BCUT2D eigenvalue weighted by atomic mass is 31.2. The van der Waals surface area contributed by atoms with Crippen molar-refractivity contribution in [3.63, 3.8) is 0 Å². The second-order valence-electron chi connectivity index (χ2n) is 8.40. The van der Waals surface area contributed by atoms with Crippen LogP contribution in [0.5, 0.6) is 11.5 Å². The predicted molar refractivity (Wildman–Crippen MR) is 119 cm³/mol. The van der Waals surface area contributed by atoms with Gasteiger partial charge in [0.25, 0.3) is 0 Å². The highest BCUT2D eigenvalue weighted by Crippen LogP contribution is 2.52. The molecule has 170 valence electrons. The number of aromatic hydroxyl groups is 1.